The van der Waals surface area contributed by atoms with E-state index in [1.165, 1.54) is 0 Å². The van der Waals surface area contributed by atoms with Crippen LogP contribution in [0.25, 0.3) is 0 Å². The van der Waals surface area contributed by atoms with Crippen LogP contribution in [0, 0.1) is 17.3 Å². The zero-order valence-corrected chi connectivity index (χ0v) is 13.0. The molecule has 4 nitrogen and oxygen atoms in total. The highest BCUT2D eigenvalue weighted by molar-refractivity contribution is 5.79. The molecule has 2 rings (SSSR count). The Morgan fingerprint density at radius 3 is 2.45 bits per heavy atom. The molecule has 0 aromatic carbocycles. The zero-order valence-electron chi connectivity index (χ0n) is 13.0. The number of esters is 2. The molecule has 0 spiro atoms. The van der Waals surface area contributed by atoms with E-state index in [4.69, 9.17) is 9.47 Å². The number of rotatable bonds is 3. The van der Waals surface area contributed by atoms with E-state index in [-0.39, 0.29) is 29.2 Å². The van der Waals surface area contributed by atoms with Crippen LogP contribution in [0.5, 0.6) is 0 Å². The molecule has 0 radical (unpaired) electrons. The van der Waals surface area contributed by atoms with Crippen LogP contribution in [0.4, 0.5) is 0 Å². The summed E-state index contributed by atoms with van der Waals surface area (Å²) in [5.41, 5.74) is -0.759. The van der Waals surface area contributed by atoms with Crippen LogP contribution in [0.1, 0.15) is 59.8 Å². The molecule has 3 atom stereocenters. The standard InChI is InChI=1S/C16H26O4/c1-5-19-14(18)16-8-6-11(10-16)12(7-9-16)13(17)20-15(2,3)4/h11-12H,5-10H2,1-4H3. The van der Waals surface area contributed by atoms with E-state index in [1.54, 1.807) is 0 Å². The normalized spacial score (nSPS) is 32.8. The second kappa shape index (κ2) is 5.38. The third-order valence-corrected chi connectivity index (χ3v) is 4.57. The van der Waals surface area contributed by atoms with Crippen LogP contribution in [-0.2, 0) is 19.1 Å². The molecule has 0 aliphatic heterocycles. The average Bonchev–Trinajstić information content (AvgIpc) is 2.66. The first kappa shape index (κ1) is 15.3. The molecular formula is C16H26O4. The molecule has 0 N–H and O–H groups in total. The van der Waals surface area contributed by atoms with Crippen molar-refractivity contribution < 1.29 is 19.1 Å². The summed E-state index contributed by atoms with van der Waals surface area (Å²) < 4.78 is 10.7. The first-order valence-corrected chi connectivity index (χ1v) is 7.67. The summed E-state index contributed by atoms with van der Waals surface area (Å²) in [5.74, 6) is 0.0780. The molecule has 2 fully saturated rings. The Morgan fingerprint density at radius 2 is 1.85 bits per heavy atom. The first-order chi connectivity index (χ1) is 9.27. The Bertz CT molecular complexity index is 396. The van der Waals surface area contributed by atoms with Crippen molar-refractivity contribution in [1.82, 2.24) is 0 Å². The fourth-order valence-corrected chi connectivity index (χ4v) is 3.67. The fraction of sp³-hybridized carbons (Fsp3) is 0.875. The van der Waals surface area contributed by atoms with Gasteiger partial charge >= 0.3 is 11.9 Å². The molecule has 4 heteroatoms. The number of carbonyl (C=O) groups is 2. The van der Waals surface area contributed by atoms with Gasteiger partial charge in [-0.15, -0.1) is 0 Å². The molecule has 0 amide bonds. The lowest BCUT2D eigenvalue weighted by Crippen LogP contribution is -2.39. The van der Waals surface area contributed by atoms with Gasteiger partial charge in [-0.05, 0) is 65.7 Å². The molecule has 2 saturated carbocycles. The molecule has 0 heterocycles. The van der Waals surface area contributed by atoms with E-state index < -0.39 is 5.60 Å². The van der Waals surface area contributed by atoms with Gasteiger partial charge in [-0.2, -0.15) is 0 Å². The van der Waals surface area contributed by atoms with E-state index in [2.05, 4.69) is 0 Å². The molecule has 20 heavy (non-hydrogen) atoms. The Balaban J connectivity index is 2.01. The lowest BCUT2D eigenvalue weighted by Gasteiger charge is -2.35. The monoisotopic (exact) mass is 282 g/mol. The van der Waals surface area contributed by atoms with Crippen molar-refractivity contribution in [1.29, 1.82) is 0 Å². The average molecular weight is 282 g/mol. The van der Waals surface area contributed by atoms with Gasteiger partial charge in [0.05, 0.1) is 17.9 Å². The summed E-state index contributed by atoms with van der Waals surface area (Å²) in [4.78, 5) is 24.4. The summed E-state index contributed by atoms with van der Waals surface area (Å²) >= 11 is 0. The Morgan fingerprint density at radius 1 is 1.20 bits per heavy atom. The summed E-state index contributed by atoms with van der Waals surface area (Å²) in [5, 5.41) is 0. The predicted octanol–water partition coefficient (Wildman–Crippen LogP) is 3.09. The maximum absolute atomic E-state index is 12.3. The summed E-state index contributed by atoms with van der Waals surface area (Å²) in [6, 6.07) is 0. The third kappa shape index (κ3) is 2.99. The molecular weight excluding hydrogens is 256 g/mol. The summed E-state index contributed by atoms with van der Waals surface area (Å²) in [6.45, 7) is 7.95. The Hall–Kier alpha value is -1.06. The second-order valence-corrected chi connectivity index (χ2v) is 7.18. The Kier molecular flexibility index (Phi) is 4.12. The number of hydrogen-bond donors (Lipinski definition) is 0. The first-order valence-electron chi connectivity index (χ1n) is 7.67. The largest absolute Gasteiger partial charge is 0.466 e. The SMILES string of the molecule is CCOC(=O)C12CCC(C1)C(C(=O)OC(C)(C)C)CC2. The number of hydrogen-bond acceptors (Lipinski definition) is 4. The van der Waals surface area contributed by atoms with Crippen LogP contribution < -0.4 is 0 Å². The minimum Gasteiger partial charge on any atom is -0.466 e. The maximum Gasteiger partial charge on any atom is 0.312 e. The topological polar surface area (TPSA) is 52.6 Å². The zero-order chi connectivity index (χ0) is 15.0. The van der Waals surface area contributed by atoms with Gasteiger partial charge in [0.15, 0.2) is 0 Å². The molecule has 0 aromatic heterocycles. The van der Waals surface area contributed by atoms with Crippen molar-refractivity contribution in [3.63, 3.8) is 0 Å². The van der Waals surface area contributed by atoms with Crippen molar-refractivity contribution >= 4 is 11.9 Å². The van der Waals surface area contributed by atoms with Crippen molar-refractivity contribution in [3.05, 3.63) is 0 Å². The number of carbonyl (C=O) groups excluding carboxylic acids is 2. The molecule has 0 aromatic rings. The summed E-state index contributed by atoms with van der Waals surface area (Å²) in [6.07, 6.45) is 4.08. The minimum absolute atomic E-state index is 0.0423. The van der Waals surface area contributed by atoms with Crippen molar-refractivity contribution in [2.24, 2.45) is 17.3 Å². The van der Waals surface area contributed by atoms with E-state index in [9.17, 15) is 9.59 Å². The lowest BCUT2D eigenvalue weighted by molar-refractivity contribution is -0.167. The van der Waals surface area contributed by atoms with Crippen LogP contribution in [0.2, 0.25) is 0 Å². The van der Waals surface area contributed by atoms with Crippen LogP contribution >= 0.6 is 0 Å². The highest BCUT2D eigenvalue weighted by Crippen LogP contribution is 2.54. The van der Waals surface area contributed by atoms with Gasteiger partial charge in [0.25, 0.3) is 0 Å². The lowest BCUT2D eigenvalue weighted by atomic mass is 9.71. The second-order valence-electron chi connectivity index (χ2n) is 7.18. The van der Waals surface area contributed by atoms with Gasteiger partial charge in [0.2, 0.25) is 0 Å². The molecule has 0 saturated heterocycles. The van der Waals surface area contributed by atoms with Gasteiger partial charge in [-0.3, -0.25) is 9.59 Å². The van der Waals surface area contributed by atoms with Gasteiger partial charge in [-0.1, -0.05) is 0 Å². The van der Waals surface area contributed by atoms with E-state index in [0.29, 0.717) is 6.61 Å². The van der Waals surface area contributed by atoms with E-state index >= 15 is 0 Å². The Labute approximate surface area is 121 Å². The van der Waals surface area contributed by atoms with Gasteiger partial charge in [0.1, 0.15) is 5.60 Å². The maximum atomic E-state index is 12.3. The third-order valence-electron chi connectivity index (χ3n) is 4.57. The van der Waals surface area contributed by atoms with Gasteiger partial charge in [0, 0.05) is 0 Å². The van der Waals surface area contributed by atoms with Crippen LogP contribution in [0.3, 0.4) is 0 Å². The number of fused-ring (bicyclic) bond motifs is 2. The smallest absolute Gasteiger partial charge is 0.312 e. The van der Waals surface area contributed by atoms with Gasteiger partial charge in [-0.25, -0.2) is 0 Å². The van der Waals surface area contributed by atoms with Crippen molar-refractivity contribution in [2.45, 2.75) is 65.4 Å². The quantitative estimate of drug-likeness (QED) is 0.746. The van der Waals surface area contributed by atoms with Crippen molar-refractivity contribution in [2.75, 3.05) is 6.61 Å². The molecule has 2 aliphatic carbocycles. The number of ether oxygens (including phenoxy) is 2. The molecule has 114 valence electrons. The van der Waals surface area contributed by atoms with Crippen molar-refractivity contribution in [3.8, 4) is 0 Å². The van der Waals surface area contributed by atoms with E-state index in [1.807, 2.05) is 27.7 Å². The fourth-order valence-electron chi connectivity index (χ4n) is 3.67. The van der Waals surface area contributed by atoms with E-state index in [0.717, 1.165) is 32.1 Å². The van der Waals surface area contributed by atoms with Crippen LogP contribution in [-0.4, -0.2) is 24.1 Å². The van der Waals surface area contributed by atoms with Crippen LogP contribution in [0.15, 0.2) is 0 Å². The molecule has 2 aliphatic rings. The summed E-state index contributed by atoms with van der Waals surface area (Å²) in [7, 11) is 0. The highest BCUT2D eigenvalue weighted by Gasteiger charge is 2.53. The predicted molar refractivity (Wildman–Crippen MR) is 75.0 cm³/mol. The molecule has 2 bridgehead atoms. The van der Waals surface area contributed by atoms with Gasteiger partial charge < -0.3 is 9.47 Å². The molecule has 3 unspecified atom stereocenters. The highest BCUT2D eigenvalue weighted by atomic mass is 16.6. The minimum atomic E-state index is -0.439.